The van der Waals surface area contributed by atoms with Gasteiger partial charge in [-0.15, -0.1) is 0 Å². The van der Waals surface area contributed by atoms with Crippen molar-refractivity contribution in [1.29, 1.82) is 0 Å². The van der Waals surface area contributed by atoms with Crippen LogP contribution in [0.4, 0.5) is 5.69 Å². The van der Waals surface area contributed by atoms with E-state index in [1.165, 1.54) is 17.7 Å². The molecular weight excluding hydrogens is 332 g/mol. The Hall–Kier alpha value is -3.19. The van der Waals surface area contributed by atoms with Gasteiger partial charge in [-0.05, 0) is 17.7 Å². The van der Waals surface area contributed by atoms with Crippen LogP contribution >= 0.6 is 0 Å². The van der Waals surface area contributed by atoms with Crippen LogP contribution in [0.2, 0.25) is 0 Å². The van der Waals surface area contributed by atoms with Gasteiger partial charge in [0.25, 0.3) is 0 Å². The highest BCUT2D eigenvalue weighted by Crippen LogP contribution is 2.34. The zero-order valence-electron chi connectivity index (χ0n) is 14.1. The Morgan fingerprint density at radius 1 is 1.23 bits per heavy atom. The van der Waals surface area contributed by atoms with Crippen LogP contribution in [0, 0.1) is 10.1 Å². The molecule has 1 aliphatic rings. The van der Waals surface area contributed by atoms with Gasteiger partial charge in [0.15, 0.2) is 5.75 Å². The van der Waals surface area contributed by atoms with E-state index in [9.17, 15) is 15.2 Å². The van der Waals surface area contributed by atoms with Crippen LogP contribution in [0.15, 0.2) is 48.5 Å². The molecule has 0 atom stereocenters. The largest absolute Gasteiger partial charge is 0.502 e. The summed E-state index contributed by atoms with van der Waals surface area (Å²) in [6.07, 6.45) is 0.856. The van der Waals surface area contributed by atoms with Crippen molar-refractivity contribution in [3.8, 4) is 17.0 Å². The molecule has 0 aliphatic carbocycles. The van der Waals surface area contributed by atoms with Crippen molar-refractivity contribution in [2.24, 2.45) is 0 Å². The Balaban J connectivity index is 1.63. The molecule has 26 heavy (non-hydrogen) atoms. The fourth-order valence-corrected chi connectivity index (χ4v) is 3.38. The van der Waals surface area contributed by atoms with Crippen molar-refractivity contribution in [3.63, 3.8) is 0 Å². The minimum atomic E-state index is -0.584. The van der Waals surface area contributed by atoms with Gasteiger partial charge in [0.2, 0.25) is 0 Å². The number of nitro groups is 1. The molecule has 0 unspecified atom stereocenters. The Morgan fingerprint density at radius 3 is 2.81 bits per heavy atom. The highest BCUT2D eigenvalue weighted by molar-refractivity contribution is 5.69. The van der Waals surface area contributed by atoms with Crippen LogP contribution < -0.4 is 0 Å². The molecule has 2 N–H and O–H groups in total. The summed E-state index contributed by atoms with van der Waals surface area (Å²) in [6.45, 7) is 2.50. The molecule has 0 amide bonds. The molecule has 0 radical (unpaired) electrons. The van der Waals surface area contributed by atoms with E-state index >= 15 is 0 Å². The highest BCUT2D eigenvalue weighted by atomic mass is 16.6. The second kappa shape index (κ2) is 6.61. The normalized spacial score (nSPS) is 14.2. The van der Waals surface area contributed by atoms with E-state index in [1.54, 1.807) is 6.07 Å². The van der Waals surface area contributed by atoms with Gasteiger partial charge in [0, 0.05) is 48.9 Å². The molecule has 2 heterocycles. The number of phenols is 1. The number of aromatic amines is 1. The molecule has 1 aromatic heterocycles. The van der Waals surface area contributed by atoms with E-state index in [4.69, 9.17) is 0 Å². The number of fused-ring (bicyclic) bond motifs is 1. The lowest BCUT2D eigenvalue weighted by Gasteiger charge is -2.27. The molecule has 1 aliphatic heterocycles. The van der Waals surface area contributed by atoms with Crippen LogP contribution in [0.5, 0.6) is 5.75 Å². The number of nitrogens with one attached hydrogen (secondary N) is 1. The van der Waals surface area contributed by atoms with E-state index in [0.29, 0.717) is 11.3 Å². The van der Waals surface area contributed by atoms with Crippen LogP contribution in [0.3, 0.4) is 0 Å². The van der Waals surface area contributed by atoms with Crippen molar-refractivity contribution in [3.05, 3.63) is 75.5 Å². The second-order valence-electron chi connectivity index (χ2n) is 6.44. The van der Waals surface area contributed by atoms with Crippen molar-refractivity contribution in [2.45, 2.75) is 19.5 Å². The number of hydrogen-bond acceptors (Lipinski definition) is 5. The minimum Gasteiger partial charge on any atom is -0.502 e. The predicted octanol–water partition coefficient (Wildman–Crippen LogP) is 3.25. The SMILES string of the molecule is O=[N+]([O-])c1cc(-c2n[nH]c3c2CN(Cc2ccccc2)CC3)ccc1O. The van der Waals surface area contributed by atoms with Gasteiger partial charge in [0.1, 0.15) is 0 Å². The van der Waals surface area contributed by atoms with Gasteiger partial charge < -0.3 is 5.11 Å². The first-order valence-corrected chi connectivity index (χ1v) is 8.42. The third-order valence-corrected chi connectivity index (χ3v) is 4.71. The molecular formula is C19H18N4O3. The summed E-state index contributed by atoms with van der Waals surface area (Å²) in [5, 5.41) is 28.2. The summed E-state index contributed by atoms with van der Waals surface area (Å²) in [6, 6.07) is 14.7. The summed E-state index contributed by atoms with van der Waals surface area (Å²) >= 11 is 0. The third kappa shape index (κ3) is 3.04. The molecule has 4 rings (SSSR count). The van der Waals surface area contributed by atoms with Crippen LogP contribution in [0.1, 0.15) is 16.8 Å². The molecule has 7 nitrogen and oxygen atoms in total. The fourth-order valence-electron chi connectivity index (χ4n) is 3.38. The summed E-state index contributed by atoms with van der Waals surface area (Å²) in [5.74, 6) is -0.339. The second-order valence-corrected chi connectivity index (χ2v) is 6.44. The Kier molecular flexibility index (Phi) is 4.14. The zero-order valence-corrected chi connectivity index (χ0v) is 14.1. The number of hydrogen-bond donors (Lipinski definition) is 2. The van der Waals surface area contributed by atoms with Gasteiger partial charge >= 0.3 is 5.69 Å². The first-order valence-electron chi connectivity index (χ1n) is 8.42. The quantitative estimate of drug-likeness (QED) is 0.556. The molecule has 0 fully saturated rings. The zero-order chi connectivity index (χ0) is 18.1. The number of nitro benzene ring substituents is 1. The Morgan fingerprint density at radius 2 is 2.04 bits per heavy atom. The topological polar surface area (TPSA) is 95.3 Å². The molecule has 3 aromatic rings. The van der Waals surface area contributed by atoms with Gasteiger partial charge in [-0.1, -0.05) is 30.3 Å². The lowest BCUT2D eigenvalue weighted by Crippen LogP contribution is -2.29. The predicted molar refractivity (Wildman–Crippen MR) is 96.6 cm³/mol. The van der Waals surface area contributed by atoms with Crippen molar-refractivity contribution < 1.29 is 10.0 Å². The number of benzene rings is 2. The Labute approximate surface area is 150 Å². The number of H-pyrrole nitrogens is 1. The molecule has 0 spiro atoms. The smallest absolute Gasteiger partial charge is 0.311 e. The average Bonchev–Trinajstić information content (AvgIpc) is 3.06. The molecule has 132 valence electrons. The van der Waals surface area contributed by atoms with Crippen LogP contribution in [-0.2, 0) is 19.5 Å². The lowest BCUT2D eigenvalue weighted by atomic mass is 10.00. The van der Waals surface area contributed by atoms with Crippen molar-refractivity contribution >= 4 is 5.69 Å². The van der Waals surface area contributed by atoms with Crippen LogP contribution in [0.25, 0.3) is 11.3 Å². The number of rotatable bonds is 4. The summed E-state index contributed by atoms with van der Waals surface area (Å²) in [7, 11) is 0. The molecule has 7 heteroatoms. The highest BCUT2D eigenvalue weighted by Gasteiger charge is 2.24. The monoisotopic (exact) mass is 350 g/mol. The van der Waals surface area contributed by atoms with E-state index < -0.39 is 4.92 Å². The first-order chi connectivity index (χ1) is 12.6. The van der Waals surface area contributed by atoms with Gasteiger partial charge in [-0.25, -0.2) is 0 Å². The van der Waals surface area contributed by atoms with Gasteiger partial charge in [-0.2, -0.15) is 5.10 Å². The summed E-state index contributed by atoms with van der Waals surface area (Å²) < 4.78 is 0. The number of aromatic hydroxyl groups is 1. The van der Waals surface area contributed by atoms with Crippen LogP contribution in [-0.4, -0.2) is 31.7 Å². The van der Waals surface area contributed by atoms with E-state index in [2.05, 4.69) is 27.2 Å². The van der Waals surface area contributed by atoms with Crippen molar-refractivity contribution in [2.75, 3.05) is 6.54 Å². The maximum atomic E-state index is 11.1. The van der Waals surface area contributed by atoms with Gasteiger partial charge in [-0.3, -0.25) is 20.1 Å². The number of nitrogens with zero attached hydrogens (tertiary/aromatic N) is 3. The van der Waals surface area contributed by atoms with E-state index in [1.807, 2.05) is 18.2 Å². The molecule has 2 aromatic carbocycles. The fraction of sp³-hybridized carbons (Fsp3) is 0.211. The molecule has 0 saturated heterocycles. The summed E-state index contributed by atoms with van der Waals surface area (Å²) in [4.78, 5) is 12.9. The summed E-state index contributed by atoms with van der Waals surface area (Å²) in [5.41, 5.74) is 4.42. The number of aromatic nitrogens is 2. The first kappa shape index (κ1) is 16.3. The lowest BCUT2D eigenvalue weighted by molar-refractivity contribution is -0.385. The molecule has 0 saturated carbocycles. The maximum Gasteiger partial charge on any atom is 0.311 e. The number of phenolic OH excluding ortho intramolecular Hbond substituents is 1. The average molecular weight is 350 g/mol. The minimum absolute atomic E-state index is 0.309. The van der Waals surface area contributed by atoms with E-state index in [-0.39, 0.29) is 11.4 Å². The standard InChI is InChI=1S/C19H18N4O3/c24-18-7-6-14(10-17(18)23(25)26)19-15-12-22(9-8-16(15)20-21-19)11-13-4-2-1-3-5-13/h1-7,10,24H,8-9,11-12H2,(H,20,21). The maximum absolute atomic E-state index is 11.1. The molecule has 0 bridgehead atoms. The van der Waals surface area contributed by atoms with Gasteiger partial charge in [0.05, 0.1) is 10.6 Å². The third-order valence-electron chi connectivity index (χ3n) is 4.71. The Bertz CT molecular complexity index is 953. The van der Waals surface area contributed by atoms with E-state index in [0.717, 1.165) is 37.3 Å². The van der Waals surface area contributed by atoms with Crippen molar-refractivity contribution in [1.82, 2.24) is 15.1 Å².